The van der Waals surface area contributed by atoms with Gasteiger partial charge in [0.05, 0.1) is 0 Å². The number of allylic oxidation sites excluding steroid dienone is 1. The summed E-state index contributed by atoms with van der Waals surface area (Å²) < 4.78 is 0. The third-order valence-corrected chi connectivity index (χ3v) is 4.21. The van der Waals surface area contributed by atoms with E-state index in [2.05, 4.69) is 47.4 Å². The second-order valence-corrected chi connectivity index (χ2v) is 5.42. The minimum Gasteiger partial charge on any atom is -0.302 e. The molecule has 0 spiro atoms. The molecular formula is C16H21N. The molecular weight excluding hydrogens is 206 g/mol. The van der Waals surface area contributed by atoms with Gasteiger partial charge in [-0.3, -0.25) is 0 Å². The monoisotopic (exact) mass is 227 g/mol. The van der Waals surface area contributed by atoms with Gasteiger partial charge in [-0.05, 0) is 36.7 Å². The summed E-state index contributed by atoms with van der Waals surface area (Å²) in [4.78, 5) is 2.65. The molecule has 0 bridgehead atoms. The Bertz CT molecular complexity index is 382. The number of nitrogens with zero attached hydrogens (tertiary/aromatic N) is 1. The van der Waals surface area contributed by atoms with Gasteiger partial charge in [0.1, 0.15) is 0 Å². The average Bonchev–Trinajstić information content (AvgIpc) is 2.80. The first-order chi connectivity index (χ1) is 8.42. The summed E-state index contributed by atoms with van der Waals surface area (Å²) in [7, 11) is 0. The second kappa shape index (κ2) is 5.05. The topological polar surface area (TPSA) is 3.24 Å². The Kier molecular flexibility index (Phi) is 3.28. The van der Waals surface area contributed by atoms with Gasteiger partial charge in [-0.15, -0.1) is 0 Å². The Morgan fingerprint density at radius 3 is 2.82 bits per heavy atom. The highest BCUT2D eigenvalue weighted by Gasteiger charge is 2.31. The summed E-state index contributed by atoms with van der Waals surface area (Å²) in [5.41, 5.74) is 1.47. The first-order valence-electron chi connectivity index (χ1n) is 6.85. The van der Waals surface area contributed by atoms with Gasteiger partial charge in [0.2, 0.25) is 0 Å². The maximum absolute atomic E-state index is 2.65. The molecule has 17 heavy (non-hydrogen) atoms. The minimum absolute atomic E-state index is 0.847. The van der Waals surface area contributed by atoms with Crippen LogP contribution in [0.1, 0.15) is 18.4 Å². The molecule has 1 aliphatic heterocycles. The summed E-state index contributed by atoms with van der Waals surface area (Å²) in [6.45, 7) is 3.83. The predicted octanol–water partition coefficient (Wildman–Crippen LogP) is 3.13. The molecule has 1 fully saturated rings. The largest absolute Gasteiger partial charge is 0.302 e. The van der Waals surface area contributed by atoms with Crippen molar-refractivity contribution in [3.05, 3.63) is 48.0 Å². The maximum atomic E-state index is 2.65. The van der Waals surface area contributed by atoms with Crippen LogP contribution in [0.15, 0.2) is 42.5 Å². The van der Waals surface area contributed by atoms with E-state index in [1.807, 2.05) is 0 Å². The van der Waals surface area contributed by atoms with E-state index in [0.717, 1.165) is 11.8 Å². The van der Waals surface area contributed by atoms with Crippen molar-refractivity contribution in [3.63, 3.8) is 0 Å². The van der Waals surface area contributed by atoms with Gasteiger partial charge in [0, 0.05) is 19.6 Å². The van der Waals surface area contributed by atoms with E-state index >= 15 is 0 Å². The molecule has 1 aromatic rings. The SMILES string of the molecule is C1=C[C@H]2CN(CCc3ccccc3)C[C@H]2CC1. The van der Waals surface area contributed by atoms with Crippen molar-refractivity contribution in [2.75, 3.05) is 19.6 Å². The van der Waals surface area contributed by atoms with Crippen LogP contribution in [0.5, 0.6) is 0 Å². The fourth-order valence-electron chi connectivity index (χ4n) is 3.21. The molecule has 0 radical (unpaired) electrons. The van der Waals surface area contributed by atoms with Crippen LogP contribution in [-0.4, -0.2) is 24.5 Å². The Hall–Kier alpha value is -1.08. The summed E-state index contributed by atoms with van der Waals surface area (Å²) in [6.07, 6.45) is 8.74. The third kappa shape index (κ3) is 2.61. The molecule has 1 aliphatic carbocycles. The fraction of sp³-hybridized carbons (Fsp3) is 0.500. The van der Waals surface area contributed by atoms with Gasteiger partial charge in [-0.1, -0.05) is 42.5 Å². The number of fused-ring (bicyclic) bond motifs is 1. The van der Waals surface area contributed by atoms with Crippen LogP contribution < -0.4 is 0 Å². The highest BCUT2D eigenvalue weighted by molar-refractivity contribution is 5.15. The first-order valence-corrected chi connectivity index (χ1v) is 6.85. The molecule has 0 saturated carbocycles. The minimum atomic E-state index is 0.847. The van der Waals surface area contributed by atoms with Crippen molar-refractivity contribution in [1.82, 2.24) is 4.90 Å². The quantitative estimate of drug-likeness (QED) is 0.717. The molecule has 1 nitrogen and oxygen atoms in total. The van der Waals surface area contributed by atoms with Crippen molar-refractivity contribution in [1.29, 1.82) is 0 Å². The number of rotatable bonds is 3. The van der Waals surface area contributed by atoms with Crippen LogP contribution >= 0.6 is 0 Å². The molecule has 0 amide bonds. The molecule has 3 rings (SSSR count). The smallest absolute Gasteiger partial charge is 0.00477 e. The average molecular weight is 227 g/mol. The van der Waals surface area contributed by atoms with Crippen LogP contribution in [-0.2, 0) is 6.42 Å². The molecule has 0 aromatic heterocycles. The van der Waals surface area contributed by atoms with Crippen molar-refractivity contribution in [2.45, 2.75) is 19.3 Å². The number of benzene rings is 1. The molecule has 0 unspecified atom stereocenters. The Morgan fingerprint density at radius 2 is 2.00 bits per heavy atom. The van der Waals surface area contributed by atoms with Crippen molar-refractivity contribution >= 4 is 0 Å². The van der Waals surface area contributed by atoms with Gasteiger partial charge < -0.3 is 4.90 Å². The normalized spacial score (nSPS) is 28.2. The number of likely N-dealkylation sites (tertiary alicyclic amines) is 1. The van der Waals surface area contributed by atoms with Crippen molar-refractivity contribution in [3.8, 4) is 0 Å². The van der Waals surface area contributed by atoms with E-state index in [1.165, 1.54) is 44.5 Å². The zero-order valence-corrected chi connectivity index (χ0v) is 10.4. The van der Waals surface area contributed by atoms with Crippen LogP contribution in [0.2, 0.25) is 0 Å². The van der Waals surface area contributed by atoms with Crippen molar-refractivity contribution < 1.29 is 0 Å². The molecule has 2 atom stereocenters. The molecule has 0 N–H and O–H groups in total. The van der Waals surface area contributed by atoms with Gasteiger partial charge >= 0.3 is 0 Å². The maximum Gasteiger partial charge on any atom is 0.00477 e. The van der Waals surface area contributed by atoms with Crippen LogP contribution in [0.25, 0.3) is 0 Å². The van der Waals surface area contributed by atoms with Crippen LogP contribution in [0.3, 0.4) is 0 Å². The Labute approximate surface area is 104 Å². The Morgan fingerprint density at radius 1 is 1.12 bits per heavy atom. The summed E-state index contributed by atoms with van der Waals surface area (Å²) in [6, 6.07) is 10.9. The number of hydrogen-bond acceptors (Lipinski definition) is 1. The second-order valence-electron chi connectivity index (χ2n) is 5.42. The van der Waals surface area contributed by atoms with Gasteiger partial charge in [-0.2, -0.15) is 0 Å². The van der Waals surface area contributed by atoms with E-state index in [9.17, 15) is 0 Å². The van der Waals surface area contributed by atoms with Gasteiger partial charge in [0.25, 0.3) is 0 Å². The van der Waals surface area contributed by atoms with Gasteiger partial charge in [-0.25, -0.2) is 0 Å². The predicted molar refractivity (Wildman–Crippen MR) is 71.9 cm³/mol. The first kappa shape index (κ1) is 11.0. The van der Waals surface area contributed by atoms with E-state index in [0.29, 0.717) is 0 Å². The van der Waals surface area contributed by atoms with Gasteiger partial charge in [0.15, 0.2) is 0 Å². The molecule has 1 heteroatoms. The van der Waals surface area contributed by atoms with E-state index < -0.39 is 0 Å². The molecule has 1 aromatic carbocycles. The van der Waals surface area contributed by atoms with E-state index in [4.69, 9.17) is 0 Å². The molecule has 1 saturated heterocycles. The van der Waals surface area contributed by atoms with Crippen LogP contribution in [0, 0.1) is 11.8 Å². The molecule has 90 valence electrons. The molecule has 2 aliphatic rings. The summed E-state index contributed by atoms with van der Waals surface area (Å²) >= 11 is 0. The lowest BCUT2D eigenvalue weighted by Gasteiger charge is -2.17. The summed E-state index contributed by atoms with van der Waals surface area (Å²) in [5.74, 6) is 1.79. The highest BCUT2D eigenvalue weighted by atomic mass is 15.1. The lowest BCUT2D eigenvalue weighted by atomic mass is 9.87. The van der Waals surface area contributed by atoms with E-state index in [-0.39, 0.29) is 0 Å². The lowest BCUT2D eigenvalue weighted by molar-refractivity contribution is 0.325. The van der Waals surface area contributed by atoms with E-state index in [1.54, 1.807) is 0 Å². The fourth-order valence-corrected chi connectivity index (χ4v) is 3.21. The highest BCUT2D eigenvalue weighted by Crippen LogP contribution is 2.31. The Balaban J connectivity index is 1.53. The van der Waals surface area contributed by atoms with Crippen LogP contribution in [0.4, 0.5) is 0 Å². The third-order valence-electron chi connectivity index (χ3n) is 4.21. The molecule has 1 heterocycles. The number of hydrogen-bond donors (Lipinski definition) is 0. The van der Waals surface area contributed by atoms with Crippen molar-refractivity contribution in [2.24, 2.45) is 11.8 Å². The zero-order valence-electron chi connectivity index (χ0n) is 10.4. The zero-order chi connectivity index (χ0) is 11.5. The lowest BCUT2D eigenvalue weighted by Crippen LogP contribution is -2.23. The summed E-state index contributed by atoms with van der Waals surface area (Å²) in [5, 5.41) is 0. The standard InChI is InChI=1S/C16H21N/c1-2-6-14(7-3-1)10-11-17-12-15-8-4-5-9-16(15)13-17/h1-4,6-8,15-16H,5,9-13H2/t15-,16+/m0/s1.